The van der Waals surface area contributed by atoms with E-state index in [2.05, 4.69) is 48.5 Å². The van der Waals surface area contributed by atoms with Crippen LogP contribution in [0.4, 0.5) is 0 Å². The van der Waals surface area contributed by atoms with Crippen LogP contribution in [0.3, 0.4) is 0 Å². The number of aromatic nitrogens is 2. The number of benzene rings is 1. The van der Waals surface area contributed by atoms with Crippen molar-refractivity contribution in [2.75, 3.05) is 13.1 Å². The van der Waals surface area contributed by atoms with Gasteiger partial charge in [-0.1, -0.05) is 18.2 Å². The van der Waals surface area contributed by atoms with Crippen molar-refractivity contribution in [1.82, 2.24) is 20.2 Å². The highest BCUT2D eigenvalue weighted by molar-refractivity contribution is 14.0. The summed E-state index contributed by atoms with van der Waals surface area (Å²) in [5.41, 5.74) is 0.974. The molecule has 1 atom stereocenters. The zero-order valence-electron chi connectivity index (χ0n) is 15.6. The minimum atomic E-state index is -0.208. The van der Waals surface area contributed by atoms with Crippen molar-refractivity contribution in [2.24, 2.45) is 4.99 Å². The van der Waals surface area contributed by atoms with Crippen LogP contribution in [0.2, 0.25) is 0 Å². The van der Waals surface area contributed by atoms with Crippen LogP contribution in [0.1, 0.15) is 38.8 Å². The standard InChI is InChI=1S/C19H27N5O.HI/c1-4-21-18(22-10-12-24-11-9-20-14-24)23-16-13-19(2,3)25-17-8-6-5-7-15(16)17;/h5-9,11,14,16H,4,10,12-13H2,1-3H3,(H2,21,22,23);1H. The maximum Gasteiger partial charge on any atom is 0.191 e. The van der Waals surface area contributed by atoms with Crippen molar-refractivity contribution in [3.8, 4) is 5.75 Å². The fourth-order valence-electron chi connectivity index (χ4n) is 3.11. The molecule has 1 unspecified atom stereocenters. The summed E-state index contributed by atoms with van der Waals surface area (Å²) in [6.45, 7) is 8.66. The molecule has 2 heterocycles. The molecule has 0 aliphatic carbocycles. The van der Waals surface area contributed by atoms with Crippen LogP contribution >= 0.6 is 24.0 Å². The van der Waals surface area contributed by atoms with Crippen LogP contribution in [0.5, 0.6) is 5.75 Å². The maximum absolute atomic E-state index is 6.11. The molecule has 142 valence electrons. The summed E-state index contributed by atoms with van der Waals surface area (Å²) in [7, 11) is 0. The Bertz CT molecular complexity index is 714. The Kier molecular flexibility index (Phi) is 7.31. The summed E-state index contributed by atoms with van der Waals surface area (Å²) < 4.78 is 8.14. The second kappa shape index (κ2) is 9.25. The SMILES string of the molecule is CCNC(=NCCn1ccnc1)NC1CC(C)(C)Oc2ccccc21.I. The second-order valence-corrected chi connectivity index (χ2v) is 6.86. The van der Waals surface area contributed by atoms with Gasteiger partial charge >= 0.3 is 0 Å². The second-order valence-electron chi connectivity index (χ2n) is 6.86. The third kappa shape index (κ3) is 5.36. The van der Waals surface area contributed by atoms with Gasteiger partial charge in [-0.05, 0) is 26.8 Å². The van der Waals surface area contributed by atoms with Gasteiger partial charge in [-0.15, -0.1) is 24.0 Å². The summed E-state index contributed by atoms with van der Waals surface area (Å²) in [5.74, 6) is 1.78. The molecule has 1 aromatic carbocycles. The monoisotopic (exact) mass is 469 g/mol. The Balaban J connectivity index is 0.00000243. The minimum absolute atomic E-state index is 0. The van der Waals surface area contributed by atoms with E-state index in [4.69, 9.17) is 9.73 Å². The van der Waals surface area contributed by atoms with E-state index in [9.17, 15) is 0 Å². The Morgan fingerprint density at radius 1 is 1.38 bits per heavy atom. The highest BCUT2D eigenvalue weighted by atomic mass is 127. The van der Waals surface area contributed by atoms with Crippen LogP contribution in [0.15, 0.2) is 48.0 Å². The van der Waals surface area contributed by atoms with Crippen LogP contribution in [0, 0.1) is 0 Å². The minimum Gasteiger partial charge on any atom is -0.487 e. The van der Waals surface area contributed by atoms with E-state index in [1.807, 2.05) is 29.2 Å². The Hall–Kier alpha value is -1.77. The van der Waals surface area contributed by atoms with E-state index in [1.165, 1.54) is 5.56 Å². The number of para-hydroxylation sites is 1. The topological polar surface area (TPSA) is 63.5 Å². The van der Waals surface area contributed by atoms with Crippen LogP contribution in [0.25, 0.3) is 0 Å². The molecule has 3 rings (SSSR count). The van der Waals surface area contributed by atoms with Crippen molar-refractivity contribution < 1.29 is 4.74 Å². The Morgan fingerprint density at radius 3 is 2.92 bits per heavy atom. The van der Waals surface area contributed by atoms with E-state index in [0.29, 0.717) is 6.54 Å². The van der Waals surface area contributed by atoms with Crippen molar-refractivity contribution in [2.45, 2.75) is 45.4 Å². The molecule has 7 heteroatoms. The highest BCUT2D eigenvalue weighted by Gasteiger charge is 2.33. The number of ether oxygens (including phenoxy) is 1. The predicted octanol–water partition coefficient (Wildman–Crippen LogP) is 3.36. The molecule has 1 aliphatic heterocycles. The summed E-state index contributed by atoms with van der Waals surface area (Å²) in [6.07, 6.45) is 6.43. The number of fused-ring (bicyclic) bond motifs is 1. The molecule has 0 saturated heterocycles. The van der Waals surface area contributed by atoms with Gasteiger partial charge in [0.1, 0.15) is 11.4 Å². The molecular weight excluding hydrogens is 441 g/mol. The van der Waals surface area contributed by atoms with Gasteiger partial charge in [0.2, 0.25) is 0 Å². The molecule has 0 bridgehead atoms. The average Bonchev–Trinajstić information content (AvgIpc) is 3.07. The smallest absolute Gasteiger partial charge is 0.191 e. The van der Waals surface area contributed by atoms with Crippen LogP contribution in [-0.2, 0) is 6.54 Å². The predicted molar refractivity (Wildman–Crippen MR) is 115 cm³/mol. The fraction of sp³-hybridized carbons (Fsp3) is 0.474. The van der Waals surface area contributed by atoms with Gasteiger partial charge in [0.05, 0.1) is 18.9 Å². The Morgan fingerprint density at radius 2 is 2.19 bits per heavy atom. The molecule has 0 amide bonds. The summed E-state index contributed by atoms with van der Waals surface area (Å²) >= 11 is 0. The van der Waals surface area contributed by atoms with Gasteiger partial charge < -0.3 is 19.9 Å². The first-order valence-corrected chi connectivity index (χ1v) is 8.86. The van der Waals surface area contributed by atoms with Crippen LogP contribution in [-0.4, -0.2) is 34.2 Å². The quantitative estimate of drug-likeness (QED) is 0.401. The lowest BCUT2D eigenvalue weighted by molar-refractivity contribution is 0.0694. The largest absolute Gasteiger partial charge is 0.487 e. The first-order chi connectivity index (χ1) is 12.1. The third-order valence-electron chi connectivity index (χ3n) is 4.22. The molecule has 1 aromatic heterocycles. The zero-order chi connectivity index (χ0) is 17.7. The van der Waals surface area contributed by atoms with E-state index < -0.39 is 0 Å². The van der Waals surface area contributed by atoms with E-state index in [-0.39, 0.29) is 35.6 Å². The molecule has 0 radical (unpaired) electrons. The van der Waals surface area contributed by atoms with Gasteiger partial charge in [-0.25, -0.2) is 4.98 Å². The molecule has 2 N–H and O–H groups in total. The van der Waals surface area contributed by atoms with Gasteiger partial charge in [0, 0.05) is 37.5 Å². The van der Waals surface area contributed by atoms with Crippen molar-refractivity contribution in [3.63, 3.8) is 0 Å². The molecule has 26 heavy (non-hydrogen) atoms. The van der Waals surface area contributed by atoms with Crippen molar-refractivity contribution >= 4 is 29.9 Å². The van der Waals surface area contributed by atoms with Crippen molar-refractivity contribution in [3.05, 3.63) is 48.5 Å². The number of rotatable bonds is 5. The van der Waals surface area contributed by atoms with Gasteiger partial charge in [0.15, 0.2) is 5.96 Å². The fourth-order valence-corrected chi connectivity index (χ4v) is 3.11. The van der Waals surface area contributed by atoms with Gasteiger partial charge in [-0.2, -0.15) is 0 Å². The Labute approximate surface area is 172 Å². The number of guanidine groups is 1. The highest BCUT2D eigenvalue weighted by Crippen LogP contribution is 2.39. The molecule has 1 aliphatic rings. The number of halogens is 1. The summed E-state index contributed by atoms with van der Waals surface area (Å²) in [6, 6.07) is 8.40. The lowest BCUT2D eigenvalue weighted by atomic mass is 9.90. The number of hydrogen-bond acceptors (Lipinski definition) is 3. The number of nitrogens with zero attached hydrogens (tertiary/aromatic N) is 3. The van der Waals surface area contributed by atoms with E-state index in [0.717, 1.165) is 31.2 Å². The lowest BCUT2D eigenvalue weighted by Crippen LogP contribution is -2.45. The van der Waals surface area contributed by atoms with Crippen molar-refractivity contribution in [1.29, 1.82) is 0 Å². The lowest BCUT2D eigenvalue weighted by Gasteiger charge is -2.38. The zero-order valence-corrected chi connectivity index (χ0v) is 17.9. The number of imidazole rings is 1. The first-order valence-electron chi connectivity index (χ1n) is 8.86. The molecule has 0 saturated carbocycles. The molecule has 0 spiro atoms. The normalized spacial score (nSPS) is 18.3. The van der Waals surface area contributed by atoms with Gasteiger partial charge in [-0.3, -0.25) is 4.99 Å². The number of nitrogens with one attached hydrogen (secondary N) is 2. The van der Waals surface area contributed by atoms with E-state index >= 15 is 0 Å². The molecule has 2 aromatic rings. The molecule has 6 nitrogen and oxygen atoms in total. The molecular formula is C19H28IN5O. The number of hydrogen-bond donors (Lipinski definition) is 2. The summed E-state index contributed by atoms with van der Waals surface area (Å²) in [4.78, 5) is 8.77. The third-order valence-corrected chi connectivity index (χ3v) is 4.22. The average molecular weight is 469 g/mol. The maximum atomic E-state index is 6.11. The number of aliphatic imine (C=N–C) groups is 1. The summed E-state index contributed by atoms with van der Waals surface area (Å²) in [5, 5.41) is 6.92. The van der Waals surface area contributed by atoms with Gasteiger partial charge in [0.25, 0.3) is 0 Å². The first kappa shape index (κ1) is 20.5. The van der Waals surface area contributed by atoms with Crippen LogP contribution < -0.4 is 15.4 Å². The van der Waals surface area contributed by atoms with E-state index in [1.54, 1.807) is 6.20 Å². The molecule has 0 fully saturated rings.